The van der Waals surface area contributed by atoms with Gasteiger partial charge in [0.1, 0.15) is 10.9 Å². The minimum Gasteiger partial charge on any atom is -0.361 e. The van der Waals surface area contributed by atoms with Crippen LogP contribution in [-0.2, 0) is 0 Å². The molecule has 0 saturated heterocycles. The molecule has 0 spiro atoms. The summed E-state index contributed by atoms with van der Waals surface area (Å²) in [5.41, 5.74) is 0. The highest BCUT2D eigenvalue weighted by Gasteiger charge is 2.13. The third-order valence-electron chi connectivity index (χ3n) is 3.24. The summed E-state index contributed by atoms with van der Waals surface area (Å²) in [5.74, 6) is 0.863. The summed E-state index contributed by atoms with van der Waals surface area (Å²) in [7, 11) is 0. The molecule has 1 N–H and O–H groups in total. The number of thiazole rings is 1. The smallest absolute Gasteiger partial charge is 0.185 e. The van der Waals surface area contributed by atoms with Gasteiger partial charge in [-0.15, -0.1) is 0 Å². The first-order valence-electron chi connectivity index (χ1n) is 6.10. The largest absolute Gasteiger partial charge is 0.361 e. The Bertz CT molecular complexity index is 404. The Morgan fingerprint density at radius 3 is 2.82 bits per heavy atom. The van der Waals surface area contributed by atoms with Gasteiger partial charge in [-0.3, -0.25) is 0 Å². The molecule has 1 aromatic rings. The van der Waals surface area contributed by atoms with Crippen molar-refractivity contribution in [1.82, 2.24) is 4.98 Å². The van der Waals surface area contributed by atoms with Gasteiger partial charge in [0.2, 0.25) is 0 Å². The quantitative estimate of drug-likeness (QED) is 0.897. The number of aromatic nitrogens is 1. The van der Waals surface area contributed by atoms with Crippen LogP contribution in [0.25, 0.3) is 0 Å². The van der Waals surface area contributed by atoms with Crippen molar-refractivity contribution in [3.8, 4) is 6.07 Å². The summed E-state index contributed by atoms with van der Waals surface area (Å²) in [5, 5.41) is 13.1. The molecular weight excluding hydrogens is 254 g/mol. The van der Waals surface area contributed by atoms with Crippen LogP contribution in [0.2, 0.25) is 5.15 Å². The van der Waals surface area contributed by atoms with Crippen LogP contribution >= 0.6 is 22.9 Å². The molecule has 1 aromatic heterocycles. The van der Waals surface area contributed by atoms with Crippen LogP contribution in [0, 0.1) is 17.2 Å². The zero-order valence-corrected chi connectivity index (χ0v) is 11.3. The summed E-state index contributed by atoms with van der Waals surface area (Å²) >= 11 is 7.14. The van der Waals surface area contributed by atoms with Gasteiger partial charge in [0, 0.05) is 6.54 Å². The normalized spacial score (nSPS) is 16.7. The van der Waals surface area contributed by atoms with E-state index in [-0.39, 0.29) is 0 Å². The fraction of sp³-hybridized carbons (Fsp3) is 0.667. The Balaban J connectivity index is 1.75. The zero-order valence-electron chi connectivity index (χ0n) is 9.71. The number of nitrogens with zero attached hydrogens (tertiary/aromatic N) is 2. The van der Waals surface area contributed by atoms with Gasteiger partial charge in [0.05, 0.1) is 0 Å². The highest BCUT2D eigenvalue weighted by atomic mass is 35.5. The molecule has 1 heterocycles. The van der Waals surface area contributed by atoms with Crippen molar-refractivity contribution in [2.75, 3.05) is 11.9 Å². The van der Waals surface area contributed by atoms with E-state index in [1.54, 1.807) is 0 Å². The van der Waals surface area contributed by atoms with Gasteiger partial charge in [-0.25, -0.2) is 4.98 Å². The molecule has 92 valence electrons. The maximum absolute atomic E-state index is 8.77. The van der Waals surface area contributed by atoms with E-state index in [0.717, 1.165) is 17.6 Å². The lowest BCUT2D eigenvalue weighted by Gasteiger charge is -2.21. The van der Waals surface area contributed by atoms with Gasteiger partial charge in [-0.2, -0.15) is 5.26 Å². The van der Waals surface area contributed by atoms with Crippen molar-refractivity contribution in [3.63, 3.8) is 0 Å². The van der Waals surface area contributed by atoms with Crippen LogP contribution in [0.15, 0.2) is 0 Å². The number of nitrogens with one attached hydrogen (secondary N) is 1. The number of hydrogen-bond acceptors (Lipinski definition) is 4. The monoisotopic (exact) mass is 269 g/mol. The predicted molar refractivity (Wildman–Crippen MR) is 71.5 cm³/mol. The second-order valence-electron chi connectivity index (χ2n) is 4.47. The van der Waals surface area contributed by atoms with E-state index in [9.17, 15) is 0 Å². The summed E-state index contributed by atoms with van der Waals surface area (Å²) in [4.78, 5) is 4.61. The molecule has 3 nitrogen and oxygen atoms in total. The van der Waals surface area contributed by atoms with E-state index in [0.29, 0.717) is 10.0 Å². The second-order valence-corrected chi connectivity index (χ2v) is 5.83. The van der Waals surface area contributed by atoms with Gasteiger partial charge in [0.25, 0.3) is 0 Å². The fourth-order valence-electron chi connectivity index (χ4n) is 2.31. The first kappa shape index (κ1) is 12.7. The van der Waals surface area contributed by atoms with Crippen LogP contribution < -0.4 is 5.32 Å². The third-order valence-corrected chi connectivity index (χ3v) is 4.54. The Morgan fingerprint density at radius 1 is 1.41 bits per heavy atom. The zero-order chi connectivity index (χ0) is 12.1. The van der Waals surface area contributed by atoms with Crippen molar-refractivity contribution in [2.45, 2.75) is 38.5 Å². The van der Waals surface area contributed by atoms with Crippen LogP contribution in [0.1, 0.15) is 43.4 Å². The van der Waals surface area contributed by atoms with Crippen molar-refractivity contribution < 1.29 is 0 Å². The van der Waals surface area contributed by atoms with Crippen LogP contribution in [0.4, 0.5) is 5.13 Å². The lowest BCUT2D eigenvalue weighted by molar-refractivity contribution is 0.345. The van der Waals surface area contributed by atoms with Crippen molar-refractivity contribution in [1.29, 1.82) is 5.26 Å². The molecule has 17 heavy (non-hydrogen) atoms. The maximum atomic E-state index is 8.77. The third kappa shape index (κ3) is 3.58. The summed E-state index contributed by atoms with van der Waals surface area (Å²) in [6.07, 6.45) is 8.09. The Morgan fingerprint density at radius 2 is 2.18 bits per heavy atom. The Hall–Kier alpha value is -0.790. The average molecular weight is 270 g/mol. The first-order valence-corrected chi connectivity index (χ1v) is 7.29. The molecule has 0 amide bonds. The number of hydrogen-bond donors (Lipinski definition) is 1. The van der Waals surface area contributed by atoms with Crippen molar-refractivity contribution in [3.05, 3.63) is 10.0 Å². The van der Waals surface area contributed by atoms with Gasteiger partial charge >= 0.3 is 0 Å². The van der Waals surface area contributed by atoms with E-state index in [1.165, 1.54) is 49.9 Å². The maximum Gasteiger partial charge on any atom is 0.185 e. The number of halogens is 1. The number of nitriles is 1. The van der Waals surface area contributed by atoms with Gasteiger partial charge in [-0.05, 0) is 12.3 Å². The van der Waals surface area contributed by atoms with Crippen molar-refractivity contribution in [2.24, 2.45) is 5.92 Å². The van der Waals surface area contributed by atoms with Crippen LogP contribution in [-0.4, -0.2) is 11.5 Å². The molecule has 5 heteroatoms. The van der Waals surface area contributed by atoms with E-state index in [1.807, 2.05) is 6.07 Å². The molecule has 0 atom stereocenters. The van der Waals surface area contributed by atoms with E-state index in [2.05, 4.69) is 10.3 Å². The van der Waals surface area contributed by atoms with E-state index in [4.69, 9.17) is 16.9 Å². The molecule has 0 aromatic carbocycles. The fourth-order valence-corrected chi connectivity index (χ4v) is 3.28. The van der Waals surface area contributed by atoms with E-state index < -0.39 is 0 Å². The molecule has 1 aliphatic carbocycles. The van der Waals surface area contributed by atoms with Crippen LogP contribution in [0.3, 0.4) is 0 Å². The molecule has 0 radical (unpaired) electrons. The Kier molecular flexibility index (Phi) is 4.64. The topological polar surface area (TPSA) is 48.7 Å². The van der Waals surface area contributed by atoms with Gasteiger partial charge < -0.3 is 5.32 Å². The van der Waals surface area contributed by atoms with Gasteiger partial charge in [-0.1, -0.05) is 55.0 Å². The van der Waals surface area contributed by atoms with E-state index >= 15 is 0 Å². The van der Waals surface area contributed by atoms with Crippen molar-refractivity contribution >= 4 is 28.1 Å². The molecule has 1 saturated carbocycles. The molecular formula is C12H16ClN3S. The lowest BCUT2D eigenvalue weighted by Crippen LogP contribution is -2.11. The summed E-state index contributed by atoms with van der Waals surface area (Å²) in [6, 6.07) is 2.04. The number of anilines is 1. The highest BCUT2D eigenvalue weighted by molar-refractivity contribution is 7.16. The van der Waals surface area contributed by atoms with Gasteiger partial charge in [0.15, 0.2) is 10.3 Å². The lowest BCUT2D eigenvalue weighted by atomic mass is 9.87. The SMILES string of the molecule is N#Cc1sc(NCCC2CCCCC2)nc1Cl. The molecule has 0 bridgehead atoms. The molecule has 2 rings (SSSR count). The predicted octanol–water partition coefficient (Wildman–Crippen LogP) is 4.05. The minimum absolute atomic E-state index is 0.317. The minimum atomic E-state index is 0.317. The Labute approximate surface area is 111 Å². The summed E-state index contributed by atoms with van der Waals surface area (Å²) in [6.45, 7) is 0.930. The highest BCUT2D eigenvalue weighted by Crippen LogP contribution is 2.28. The summed E-state index contributed by atoms with van der Waals surface area (Å²) < 4.78 is 0. The number of rotatable bonds is 4. The average Bonchev–Trinajstić information content (AvgIpc) is 2.71. The standard InChI is InChI=1S/C12H16ClN3S/c13-11-10(8-14)17-12(16-11)15-7-6-9-4-2-1-3-5-9/h9H,1-7H2,(H,15,16). The molecule has 0 unspecified atom stereocenters. The molecule has 1 fully saturated rings. The molecule has 0 aliphatic heterocycles. The first-order chi connectivity index (χ1) is 8.29. The second kappa shape index (κ2) is 6.23. The van der Waals surface area contributed by atoms with Crippen LogP contribution in [0.5, 0.6) is 0 Å². The molecule has 1 aliphatic rings.